The van der Waals surface area contributed by atoms with Gasteiger partial charge in [0, 0.05) is 31.7 Å². The molecule has 2 aromatic rings. The van der Waals surface area contributed by atoms with E-state index in [1.807, 2.05) is 0 Å². The van der Waals surface area contributed by atoms with Crippen LogP contribution in [0.2, 0.25) is 0 Å². The summed E-state index contributed by atoms with van der Waals surface area (Å²) in [4.78, 5) is 13.1. The summed E-state index contributed by atoms with van der Waals surface area (Å²) in [6, 6.07) is 10.1. The number of piperazine rings is 1. The van der Waals surface area contributed by atoms with Crippen molar-refractivity contribution in [3.8, 4) is 5.75 Å². The van der Waals surface area contributed by atoms with Crippen LogP contribution < -0.4 is 4.74 Å². The van der Waals surface area contributed by atoms with Crippen molar-refractivity contribution in [2.45, 2.75) is 11.3 Å². The quantitative estimate of drug-likeness (QED) is 0.757. The first-order valence-electron chi connectivity index (χ1n) is 8.68. The molecule has 28 heavy (non-hydrogen) atoms. The lowest BCUT2D eigenvalue weighted by Gasteiger charge is -2.34. The van der Waals surface area contributed by atoms with Crippen LogP contribution in [0, 0.1) is 11.6 Å². The summed E-state index contributed by atoms with van der Waals surface area (Å²) in [5.41, 5.74) is 0.735. The molecule has 0 radical (unpaired) electrons. The number of hydrogen-bond donors (Lipinski definition) is 0. The van der Waals surface area contributed by atoms with Gasteiger partial charge >= 0.3 is 0 Å². The van der Waals surface area contributed by atoms with Crippen LogP contribution in [0.15, 0.2) is 47.4 Å². The number of ether oxygens (including phenoxy) is 1. The summed E-state index contributed by atoms with van der Waals surface area (Å²) in [5.74, 6) is -1.82. The molecule has 0 aromatic heterocycles. The van der Waals surface area contributed by atoms with Gasteiger partial charge in [0.05, 0.1) is 13.5 Å². The monoisotopic (exact) mass is 410 g/mol. The molecule has 6 nitrogen and oxygen atoms in total. The Hall–Kier alpha value is -2.52. The first kappa shape index (κ1) is 20.2. The predicted octanol–water partition coefficient (Wildman–Crippen LogP) is 2.05. The van der Waals surface area contributed by atoms with Gasteiger partial charge in [0.2, 0.25) is 15.9 Å². The highest BCUT2D eigenvalue weighted by atomic mass is 32.2. The topological polar surface area (TPSA) is 66.9 Å². The van der Waals surface area contributed by atoms with Crippen LogP contribution in [0.4, 0.5) is 8.78 Å². The molecule has 3 rings (SSSR count). The van der Waals surface area contributed by atoms with E-state index in [-0.39, 0.29) is 38.5 Å². The van der Waals surface area contributed by atoms with E-state index in [0.29, 0.717) is 5.75 Å². The highest BCUT2D eigenvalue weighted by Crippen LogP contribution is 2.24. The Labute approximate surface area is 162 Å². The number of amides is 1. The van der Waals surface area contributed by atoms with Crippen LogP contribution in [0.25, 0.3) is 0 Å². The molecule has 0 aliphatic carbocycles. The predicted molar refractivity (Wildman–Crippen MR) is 98.4 cm³/mol. The van der Waals surface area contributed by atoms with Gasteiger partial charge in [-0.25, -0.2) is 17.2 Å². The molecular formula is C19H20F2N2O4S. The van der Waals surface area contributed by atoms with E-state index in [2.05, 4.69) is 0 Å². The van der Waals surface area contributed by atoms with Crippen LogP contribution in [-0.2, 0) is 21.2 Å². The summed E-state index contributed by atoms with van der Waals surface area (Å²) >= 11 is 0. The Bertz CT molecular complexity index is 953. The minimum Gasteiger partial charge on any atom is -0.496 e. The lowest BCUT2D eigenvalue weighted by Crippen LogP contribution is -2.51. The van der Waals surface area contributed by atoms with E-state index in [0.717, 1.165) is 28.1 Å². The van der Waals surface area contributed by atoms with E-state index in [1.165, 1.54) is 12.0 Å². The number of methoxy groups -OCH3 is 1. The fraction of sp³-hybridized carbons (Fsp3) is 0.316. The van der Waals surface area contributed by atoms with Gasteiger partial charge in [0.15, 0.2) is 4.90 Å². The lowest BCUT2D eigenvalue weighted by atomic mass is 10.1. The number of halogens is 2. The van der Waals surface area contributed by atoms with Gasteiger partial charge in [-0.15, -0.1) is 0 Å². The van der Waals surface area contributed by atoms with Gasteiger partial charge in [0.1, 0.15) is 17.4 Å². The Balaban J connectivity index is 1.68. The molecule has 0 saturated carbocycles. The fourth-order valence-electron chi connectivity index (χ4n) is 3.16. The number of nitrogens with zero attached hydrogens (tertiary/aromatic N) is 2. The van der Waals surface area contributed by atoms with Gasteiger partial charge < -0.3 is 9.64 Å². The molecule has 1 aliphatic rings. The van der Waals surface area contributed by atoms with Crippen LogP contribution in [-0.4, -0.2) is 56.8 Å². The third-order valence-corrected chi connectivity index (χ3v) is 6.59. The van der Waals surface area contributed by atoms with E-state index in [9.17, 15) is 22.0 Å². The molecular weight excluding hydrogens is 390 g/mol. The number of para-hydroxylation sites is 1. The molecule has 150 valence electrons. The van der Waals surface area contributed by atoms with Crippen molar-refractivity contribution in [1.82, 2.24) is 9.21 Å². The standard InChI is InChI=1S/C19H20F2N2O4S/c1-27-17-8-3-2-5-14(17)13-18(24)22-9-11-23(12-10-22)28(25,26)19-15(20)6-4-7-16(19)21/h2-8H,9-13H2,1H3. The second-order valence-electron chi connectivity index (χ2n) is 6.32. The number of benzene rings is 2. The summed E-state index contributed by atoms with van der Waals surface area (Å²) in [6.07, 6.45) is 0.124. The summed E-state index contributed by atoms with van der Waals surface area (Å²) in [7, 11) is -2.79. The third kappa shape index (κ3) is 4.00. The molecule has 1 aliphatic heterocycles. The van der Waals surface area contributed by atoms with Gasteiger partial charge in [-0.2, -0.15) is 4.31 Å². The molecule has 0 unspecified atom stereocenters. The molecule has 0 atom stereocenters. The van der Waals surface area contributed by atoms with Gasteiger partial charge in [-0.05, 0) is 18.2 Å². The number of rotatable bonds is 5. The van der Waals surface area contributed by atoms with Crippen LogP contribution >= 0.6 is 0 Å². The Morgan fingerprint density at radius 1 is 1.00 bits per heavy atom. The second kappa shape index (κ2) is 8.24. The van der Waals surface area contributed by atoms with E-state index in [4.69, 9.17) is 4.74 Å². The average Bonchev–Trinajstić information content (AvgIpc) is 2.68. The fourth-order valence-corrected chi connectivity index (χ4v) is 4.69. The second-order valence-corrected chi connectivity index (χ2v) is 8.20. The van der Waals surface area contributed by atoms with Crippen LogP contribution in [0.5, 0.6) is 5.75 Å². The molecule has 1 fully saturated rings. The molecule has 1 saturated heterocycles. The van der Waals surface area contributed by atoms with Crippen molar-refractivity contribution in [1.29, 1.82) is 0 Å². The highest BCUT2D eigenvalue weighted by Gasteiger charge is 2.34. The van der Waals surface area contributed by atoms with Gasteiger partial charge in [-0.1, -0.05) is 24.3 Å². The zero-order valence-electron chi connectivity index (χ0n) is 15.3. The average molecular weight is 410 g/mol. The molecule has 1 heterocycles. The Morgan fingerprint density at radius 2 is 1.61 bits per heavy atom. The first-order chi connectivity index (χ1) is 13.3. The maximum Gasteiger partial charge on any atom is 0.249 e. The molecule has 0 spiro atoms. The van der Waals surface area contributed by atoms with Crippen LogP contribution in [0.1, 0.15) is 5.56 Å². The van der Waals surface area contributed by atoms with Crippen molar-refractivity contribution >= 4 is 15.9 Å². The summed E-state index contributed by atoms with van der Waals surface area (Å²) in [5, 5.41) is 0. The van der Waals surface area contributed by atoms with Crippen molar-refractivity contribution in [2.75, 3.05) is 33.3 Å². The van der Waals surface area contributed by atoms with Crippen molar-refractivity contribution in [3.05, 3.63) is 59.7 Å². The van der Waals surface area contributed by atoms with Gasteiger partial charge in [-0.3, -0.25) is 4.79 Å². The minimum absolute atomic E-state index is 0.0340. The maximum atomic E-state index is 13.9. The Kier molecular flexibility index (Phi) is 5.95. The molecule has 1 amide bonds. The number of carbonyl (C=O) groups excluding carboxylic acids is 1. The number of sulfonamides is 1. The zero-order chi connectivity index (χ0) is 20.3. The number of hydrogen-bond acceptors (Lipinski definition) is 4. The minimum atomic E-state index is -4.32. The summed E-state index contributed by atoms with van der Waals surface area (Å²) < 4.78 is 59.2. The van der Waals surface area contributed by atoms with Crippen molar-refractivity contribution in [3.63, 3.8) is 0 Å². The molecule has 9 heteroatoms. The first-order valence-corrected chi connectivity index (χ1v) is 10.1. The van der Waals surface area contributed by atoms with Crippen molar-refractivity contribution < 1.29 is 26.7 Å². The zero-order valence-corrected chi connectivity index (χ0v) is 16.1. The number of carbonyl (C=O) groups is 1. The normalized spacial score (nSPS) is 15.5. The molecule has 2 aromatic carbocycles. The smallest absolute Gasteiger partial charge is 0.249 e. The molecule has 0 bridgehead atoms. The SMILES string of the molecule is COc1ccccc1CC(=O)N1CCN(S(=O)(=O)c2c(F)cccc2F)CC1. The Morgan fingerprint density at radius 3 is 2.21 bits per heavy atom. The highest BCUT2D eigenvalue weighted by molar-refractivity contribution is 7.89. The largest absolute Gasteiger partial charge is 0.496 e. The van der Waals surface area contributed by atoms with Crippen LogP contribution in [0.3, 0.4) is 0 Å². The molecule has 0 N–H and O–H groups in total. The van der Waals surface area contributed by atoms with E-state index in [1.54, 1.807) is 24.3 Å². The van der Waals surface area contributed by atoms with E-state index < -0.39 is 26.6 Å². The van der Waals surface area contributed by atoms with E-state index >= 15 is 0 Å². The third-order valence-electron chi connectivity index (χ3n) is 4.64. The van der Waals surface area contributed by atoms with Gasteiger partial charge in [0.25, 0.3) is 0 Å². The maximum absolute atomic E-state index is 13.9. The summed E-state index contributed by atoms with van der Waals surface area (Å²) in [6.45, 7) is 0.216. The van der Waals surface area contributed by atoms with Crippen molar-refractivity contribution in [2.24, 2.45) is 0 Å². The lowest BCUT2D eigenvalue weighted by molar-refractivity contribution is -0.131.